The van der Waals surface area contributed by atoms with E-state index in [1.807, 2.05) is 0 Å². The fourth-order valence-corrected chi connectivity index (χ4v) is 2.59. The molecule has 5 heteroatoms. The number of aromatic nitrogens is 1. The first kappa shape index (κ1) is 12.7. The Labute approximate surface area is 108 Å². The Balaban J connectivity index is 2.18. The second-order valence-corrected chi connectivity index (χ2v) is 4.71. The molecule has 0 amide bonds. The quantitative estimate of drug-likeness (QED) is 0.901. The number of carboxylic acid groups (broad SMARTS) is 1. The van der Waals surface area contributed by atoms with Gasteiger partial charge < -0.3 is 5.11 Å². The Bertz CT molecular complexity index is 553. The van der Waals surface area contributed by atoms with Gasteiger partial charge in [-0.15, -0.1) is 11.3 Å². The van der Waals surface area contributed by atoms with Crippen molar-refractivity contribution in [2.24, 2.45) is 0 Å². The van der Waals surface area contributed by atoms with Crippen LogP contribution in [-0.2, 0) is 11.2 Å². The Morgan fingerprint density at radius 1 is 1.39 bits per heavy atom. The normalized spacial score (nSPS) is 10.5. The average Bonchev–Trinajstić information content (AvgIpc) is 2.77. The van der Waals surface area contributed by atoms with Gasteiger partial charge in [-0.25, -0.2) is 9.37 Å². The third-order valence-electron chi connectivity index (χ3n) is 2.56. The van der Waals surface area contributed by atoms with E-state index in [1.54, 1.807) is 23.7 Å². The Kier molecular flexibility index (Phi) is 4.04. The van der Waals surface area contributed by atoms with Gasteiger partial charge in [0.25, 0.3) is 0 Å². The second kappa shape index (κ2) is 5.73. The van der Waals surface area contributed by atoms with Gasteiger partial charge >= 0.3 is 5.97 Å². The minimum absolute atomic E-state index is 0.105. The third-order valence-corrected chi connectivity index (χ3v) is 3.47. The van der Waals surface area contributed by atoms with Crippen LogP contribution in [0.2, 0.25) is 0 Å². The Morgan fingerprint density at radius 2 is 2.17 bits per heavy atom. The fraction of sp³-hybridized carbons (Fsp3) is 0.231. The van der Waals surface area contributed by atoms with Crippen LogP contribution in [-0.4, -0.2) is 16.1 Å². The summed E-state index contributed by atoms with van der Waals surface area (Å²) in [6, 6.07) is 6.54. The van der Waals surface area contributed by atoms with Crippen molar-refractivity contribution in [2.75, 3.05) is 0 Å². The Morgan fingerprint density at radius 3 is 2.89 bits per heavy atom. The number of nitrogens with zero attached hydrogens (tertiary/aromatic N) is 1. The molecule has 94 valence electrons. The average molecular weight is 265 g/mol. The summed E-state index contributed by atoms with van der Waals surface area (Å²) < 4.78 is 13.7. The number of hydrogen-bond donors (Lipinski definition) is 1. The van der Waals surface area contributed by atoms with Gasteiger partial charge in [-0.2, -0.15) is 0 Å². The molecule has 0 spiro atoms. The van der Waals surface area contributed by atoms with E-state index in [-0.39, 0.29) is 12.2 Å². The number of hydrogen-bond acceptors (Lipinski definition) is 3. The zero-order valence-corrected chi connectivity index (χ0v) is 10.4. The lowest BCUT2D eigenvalue weighted by molar-refractivity contribution is -0.137. The van der Waals surface area contributed by atoms with E-state index in [0.29, 0.717) is 18.4 Å². The van der Waals surface area contributed by atoms with E-state index in [1.165, 1.54) is 17.4 Å². The van der Waals surface area contributed by atoms with Crippen LogP contribution in [0.4, 0.5) is 4.39 Å². The smallest absolute Gasteiger partial charge is 0.303 e. The maximum atomic E-state index is 13.7. The summed E-state index contributed by atoms with van der Waals surface area (Å²) in [4.78, 5) is 15.4. The van der Waals surface area contributed by atoms with Gasteiger partial charge in [-0.1, -0.05) is 18.2 Å². The Hall–Kier alpha value is -1.75. The maximum Gasteiger partial charge on any atom is 0.303 e. The number of carbonyl (C=O) groups is 1. The van der Waals surface area contributed by atoms with Crippen LogP contribution < -0.4 is 0 Å². The number of thiazole rings is 1. The molecular formula is C13H12FNO2S. The topological polar surface area (TPSA) is 50.2 Å². The first-order valence-corrected chi connectivity index (χ1v) is 6.45. The van der Waals surface area contributed by atoms with Crippen LogP contribution >= 0.6 is 11.3 Å². The molecule has 0 aliphatic heterocycles. The minimum Gasteiger partial charge on any atom is -0.481 e. The summed E-state index contributed by atoms with van der Waals surface area (Å²) in [5.41, 5.74) is 2.97. The van der Waals surface area contributed by atoms with Gasteiger partial charge in [-0.3, -0.25) is 4.79 Å². The van der Waals surface area contributed by atoms with E-state index in [9.17, 15) is 9.18 Å². The van der Waals surface area contributed by atoms with Crippen molar-refractivity contribution in [1.29, 1.82) is 0 Å². The van der Waals surface area contributed by atoms with Crippen LogP contribution in [0.3, 0.4) is 0 Å². The maximum absolute atomic E-state index is 13.7. The van der Waals surface area contributed by atoms with Crippen molar-refractivity contribution in [3.8, 4) is 10.4 Å². The van der Waals surface area contributed by atoms with Crippen molar-refractivity contribution in [1.82, 2.24) is 4.98 Å². The lowest BCUT2D eigenvalue weighted by Crippen LogP contribution is -1.97. The molecule has 2 aromatic rings. The van der Waals surface area contributed by atoms with E-state index >= 15 is 0 Å². The van der Waals surface area contributed by atoms with E-state index < -0.39 is 5.97 Å². The first-order chi connectivity index (χ1) is 8.68. The number of carboxylic acids is 1. The molecule has 0 bridgehead atoms. The predicted octanol–water partition coefficient (Wildman–Crippen LogP) is 3.36. The molecule has 18 heavy (non-hydrogen) atoms. The van der Waals surface area contributed by atoms with Gasteiger partial charge in [0.05, 0.1) is 16.1 Å². The lowest BCUT2D eigenvalue weighted by atomic mass is 10.1. The van der Waals surface area contributed by atoms with E-state index in [2.05, 4.69) is 4.98 Å². The number of aliphatic carboxylic acids is 1. The highest BCUT2D eigenvalue weighted by molar-refractivity contribution is 7.13. The third kappa shape index (κ3) is 2.92. The van der Waals surface area contributed by atoms with Crippen LogP contribution in [0.1, 0.15) is 18.5 Å². The van der Waals surface area contributed by atoms with Crippen LogP contribution in [0, 0.1) is 5.82 Å². The molecule has 1 aromatic carbocycles. The predicted molar refractivity (Wildman–Crippen MR) is 68.1 cm³/mol. The molecule has 1 heterocycles. The molecule has 0 radical (unpaired) electrons. The van der Waals surface area contributed by atoms with E-state index in [4.69, 9.17) is 5.11 Å². The molecule has 0 atom stereocenters. The van der Waals surface area contributed by atoms with Crippen molar-refractivity contribution < 1.29 is 14.3 Å². The zero-order chi connectivity index (χ0) is 13.0. The largest absolute Gasteiger partial charge is 0.481 e. The standard InChI is InChI=1S/C13H12FNO2S/c14-10-5-2-1-4-9(10)13-11(15-8-18-13)6-3-7-12(16)17/h1-2,4-5,8H,3,6-7H2,(H,16,17). The highest BCUT2D eigenvalue weighted by atomic mass is 32.1. The molecule has 0 unspecified atom stereocenters. The molecule has 0 saturated heterocycles. The summed E-state index contributed by atoms with van der Waals surface area (Å²) in [5, 5.41) is 8.59. The van der Waals surface area contributed by atoms with Gasteiger partial charge in [0.15, 0.2) is 0 Å². The molecular weight excluding hydrogens is 253 g/mol. The molecule has 1 aromatic heterocycles. The summed E-state index contributed by atoms with van der Waals surface area (Å²) in [5.74, 6) is -1.10. The molecule has 3 nitrogen and oxygen atoms in total. The minimum atomic E-state index is -0.822. The van der Waals surface area contributed by atoms with Crippen molar-refractivity contribution >= 4 is 17.3 Å². The van der Waals surface area contributed by atoms with Gasteiger partial charge in [0, 0.05) is 12.0 Å². The SMILES string of the molecule is O=C(O)CCCc1ncsc1-c1ccccc1F. The lowest BCUT2D eigenvalue weighted by Gasteiger charge is -2.03. The van der Waals surface area contributed by atoms with Gasteiger partial charge in [-0.05, 0) is 18.9 Å². The number of aryl methyl sites for hydroxylation is 1. The van der Waals surface area contributed by atoms with Crippen LogP contribution in [0.5, 0.6) is 0 Å². The monoisotopic (exact) mass is 265 g/mol. The van der Waals surface area contributed by atoms with Gasteiger partial charge in [0.2, 0.25) is 0 Å². The number of halogens is 1. The number of benzene rings is 1. The molecule has 0 fully saturated rings. The van der Waals surface area contributed by atoms with E-state index in [0.717, 1.165) is 10.6 Å². The molecule has 1 N–H and O–H groups in total. The molecule has 0 aliphatic rings. The van der Waals surface area contributed by atoms with Crippen LogP contribution in [0.25, 0.3) is 10.4 Å². The van der Waals surface area contributed by atoms with Crippen molar-refractivity contribution in [2.45, 2.75) is 19.3 Å². The van der Waals surface area contributed by atoms with Gasteiger partial charge in [0.1, 0.15) is 5.82 Å². The highest BCUT2D eigenvalue weighted by Crippen LogP contribution is 2.30. The fourth-order valence-electron chi connectivity index (χ4n) is 1.72. The molecule has 0 aliphatic carbocycles. The summed E-state index contributed by atoms with van der Waals surface area (Å²) in [6.45, 7) is 0. The first-order valence-electron chi connectivity index (χ1n) is 5.57. The number of rotatable bonds is 5. The molecule has 2 rings (SSSR count). The summed E-state index contributed by atoms with van der Waals surface area (Å²) in [6.07, 6.45) is 1.17. The van der Waals surface area contributed by atoms with Crippen molar-refractivity contribution in [3.63, 3.8) is 0 Å². The summed E-state index contributed by atoms with van der Waals surface area (Å²) >= 11 is 1.38. The molecule has 0 saturated carbocycles. The highest BCUT2D eigenvalue weighted by Gasteiger charge is 2.12. The zero-order valence-electron chi connectivity index (χ0n) is 9.60. The second-order valence-electron chi connectivity index (χ2n) is 3.86. The summed E-state index contributed by atoms with van der Waals surface area (Å²) in [7, 11) is 0. The van der Waals surface area contributed by atoms with Crippen molar-refractivity contribution in [3.05, 3.63) is 41.3 Å². The van der Waals surface area contributed by atoms with Crippen LogP contribution in [0.15, 0.2) is 29.8 Å².